The first-order chi connectivity index (χ1) is 8.38. The lowest BCUT2D eigenvalue weighted by molar-refractivity contribution is -0.385. The zero-order valence-corrected chi connectivity index (χ0v) is 11.0. The highest BCUT2D eigenvalue weighted by Gasteiger charge is 2.19. The van der Waals surface area contributed by atoms with Crippen LogP contribution in [0.1, 0.15) is 5.56 Å². The van der Waals surface area contributed by atoms with Gasteiger partial charge < -0.3 is 5.32 Å². The lowest BCUT2D eigenvalue weighted by Gasteiger charge is -2.08. The number of rotatable bonds is 6. The minimum absolute atomic E-state index is 0.0622. The summed E-state index contributed by atoms with van der Waals surface area (Å²) in [6.07, 6.45) is 0. The van der Waals surface area contributed by atoms with Crippen LogP contribution in [-0.4, -0.2) is 33.5 Å². The maximum absolute atomic E-state index is 11.9. The van der Waals surface area contributed by atoms with Crippen LogP contribution in [-0.2, 0) is 10.0 Å². The van der Waals surface area contributed by atoms with Crippen molar-refractivity contribution in [3.8, 4) is 0 Å². The molecular weight excluding hydrogens is 258 g/mol. The molecule has 0 saturated heterocycles. The topological polar surface area (TPSA) is 101 Å². The molecule has 0 aliphatic carbocycles. The molecule has 0 atom stereocenters. The second-order valence-corrected chi connectivity index (χ2v) is 5.44. The molecule has 18 heavy (non-hydrogen) atoms. The van der Waals surface area contributed by atoms with Gasteiger partial charge in [0.25, 0.3) is 5.69 Å². The first-order valence-electron chi connectivity index (χ1n) is 5.28. The molecule has 0 amide bonds. The summed E-state index contributed by atoms with van der Waals surface area (Å²) >= 11 is 0. The number of nitro groups is 1. The van der Waals surface area contributed by atoms with Gasteiger partial charge in [-0.05, 0) is 19.5 Å². The smallest absolute Gasteiger partial charge is 0.270 e. The number of likely N-dealkylation sites (N-methyl/N-ethyl adjacent to an activating group) is 1. The Labute approximate surface area is 105 Å². The maximum Gasteiger partial charge on any atom is 0.270 e. The first-order valence-corrected chi connectivity index (χ1v) is 6.76. The van der Waals surface area contributed by atoms with Crippen LogP contribution in [0.15, 0.2) is 23.1 Å². The lowest BCUT2D eigenvalue weighted by Crippen LogP contribution is -2.30. The molecule has 2 N–H and O–H groups in total. The van der Waals surface area contributed by atoms with Gasteiger partial charge in [0, 0.05) is 25.2 Å². The molecule has 0 heterocycles. The Kier molecular flexibility index (Phi) is 4.76. The zero-order chi connectivity index (χ0) is 13.8. The largest absolute Gasteiger partial charge is 0.318 e. The van der Waals surface area contributed by atoms with Gasteiger partial charge in [-0.3, -0.25) is 10.1 Å². The molecule has 0 unspecified atom stereocenters. The summed E-state index contributed by atoms with van der Waals surface area (Å²) in [6.45, 7) is 2.30. The quantitative estimate of drug-likeness (QED) is 0.444. The van der Waals surface area contributed by atoms with Crippen LogP contribution in [0.25, 0.3) is 0 Å². The molecule has 1 aromatic carbocycles. The van der Waals surface area contributed by atoms with Crippen molar-refractivity contribution in [3.05, 3.63) is 33.9 Å². The molecule has 1 rings (SSSR count). The molecule has 0 aliphatic rings. The Morgan fingerprint density at radius 1 is 1.33 bits per heavy atom. The van der Waals surface area contributed by atoms with Crippen molar-refractivity contribution in [2.45, 2.75) is 11.8 Å². The number of nitro benzene ring substituents is 1. The molecule has 0 saturated carbocycles. The molecule has 0 spiro atoms. The summed E-state index contributed by atoms with van der Waals surface area (Å²) in [7, 11) is -2.01. The number of non-ortho nitro benzene ring substituents is 1. The van der Waals surface area contributed by atoms with Crippen LogP contribution < -0.4 is 10.0 Å². The molecule has 1 aromatic rings. The van der Waals surface area contributed by atoms with E-state index in [1.54, 1.807) is 14.0 Å². The van der Waals surface area contributed by atoms with E-state index in [4.69, 9.17) is 0 Å². The molecular formula is C10H15N3O4S. The van der Waals surface area contributed by atoms with Crippen molar-refractivity contribution < 1.29 is 13.3 Å². The van der Waals surface area contributed by atoms with Crippen LogP contribution >= 0.6 is 0 Å². The third-order valence-electron chi connectivity index (χ3n) is 2.34. The number of hydrogen-bond donors (Lipinski definition) is 2. The van der Waals surface area contributed by atoms with Gasteiger partial charge in [-0.25, -0.2) is 13.1 Å². The van der Waals surface area contributed by atoms with E-state index in [1.165, 1.54) is 12.1 Å². The number of nitrogens with zero attached hydrogens (tertiary/aromatic N) is 1. The van der Waals surface area contributed by atoms with E-state index in [2.05, 4.69) is 10.0 Å². The summed E-state index contributed by atoms with van der Waals surface area (Å²) in [5.74, 6) is 0. The van der Waals surface area contributed by atoms with Gasteiger partial charge in [-0.1, -0.05) is 6.07 Å². The molecule has 0 fully saturated rings. The summed E-state index contributed by atoms with van der Waals surface area (Å²) in [5, 5.41) is 13.4. The van der Waals surface area contributed by atoms with Gasteiger partial charge in [-0.2, -0.15) is 0 Å². The third-order valence-corrected chi connectivity index (χ3v) is 3.94. The highest BCUT2D eigenvalue weighted by molar-refractivity contribution is 7.89. The third kappa shape index (κ3) is 3.49. The van der Waals surface area contributed by atoms with Gasteiger partial charge in [0.05, 0.1) is 9.82 Å². The minimum Gasteiger partial charge on any atom is -0.318 e. The van der Waals surface area contributed by atoms with Gasteiger partial charge in [0.1, 0.15) is 0 Å². The van der Waals surface area contributed by atoms with Crippen LogP contribution in [0.3, 0.4) is 0 Å². The molecule has 7 nitrogen and oxygen atoms in total. The van der Waals surface area contributed by atoms with Gasteiger partial charge >= 0.3 is 0 Å². The monoisotopic (exact) mass is 273 g/mol. The summed E-state index contributed by atoms with van der Waals surface area (Å²) in [5.41, 5.74) is 0.229. The van der Waals surface area contributed by atoms with E-state index in [9.17, 15) is 18.5 Å². The standard InChI is InChI=1S/C10H15N3O4S/c1-8-3-4-9(13(14)15)7-10(8)18(16,17)12-6-5-11-2/h3-4,7,11-12H,5-6H2,1-2H3. The Bertz CT molecular complexity index is 542. The van der Waals surface area contributed by atoms with Crippen molar-refractivity contribution in [1.82, 2.24) is 10.0 Å². The van der Waals surface area contributed by atoms with E-state index in [0.717, 1.165) is 6.07 Å². The highest BCUT2D eigenvalue weighted by Crippen LogP contribution is 2.21. The number of nitrogens with one attached hydrogen (secondary N) is 2. The number of aryl methyl sites for hydroxylation is 1. The van der Waals surface area contributed by atoms with E-state index in [-0.39, 0.29) is 17.1 Å². The Balaban J connectivity index is 3.07. The van der Waals surface area contributed by atoms with E-state index in [1.807, 2.05) is 0 Å². The lowest BCUT2D eigenvalue weighted by atomic mass is 10.2. The number of benzene rings is 1. The van der Waals surface area contributed by atoms with Crippen LogP contribution in [0.2, 0.25) is 0 Å². The van der Waals surface area contributed by atoms with Gasteiger partial charge in [-0.15, -0.1) is 0 Å². The van der Waals surface area contributed by atoms with E-state index in [0.29, 0.717) is 12.1 Å². The SMILES string of the molecule is CNCCNS(=O)(=O)c1cc([N+](=O)[O-])ccc1C. The summed E-state index contributed by atoms with van der Waals surface area (Å²) < 4.78 is 26.3. The van der Waals surface area contributed by atoms with Crippen LogP contribution in [0.5, 0.6) is 0 Å². The van der Waals surface area contributed by atoms with Crippen molar-refractivity contribution in [3.63, 3.8) is 0 Å². The number of sulfonamides is 1. The predicted octanol–water partition coefficient (Wildman–Crippen LogP) is 0.401. The fourth-order valence-electron chi connectivity index (χ4n) is 1.38. The van der Waals surface area contributed by atoms with Crippen molar-refractivity contribution >= 4 is 15.7 Å². The fraction of sp³-hybridized carbons (Fsp3) is 0.400. The van der Waals surface area contributed by atoms with E-state index >= 15 is 0 Å². The van der Waals surface area contributed by atoms with Gasteiger partial charge in [0.15, 0.2) is 0 Å². The molecule has 0 aliphatic heterocycles. The fourth-order valence-corrected chi connectivity index (χ4v) is 2.67. The van der Waals surface area contributed by atoms with Crippen molar-refractivity contribution in [2.24, 2.45) is 0 Å². The predicted molar refractivity (Wildman–Crippen MR) is 66.9 cm³/mol. The highest BCUT2D eigenvalue weighted by atomic mass is 32.2. The minimum atomic E-state index is -3.71. The number of hydrogen-bond acceptors (Lipinski definition) is 5. The van der Waals surface area contributed by atoms with Crippen LogP contribution in [0.4, 0.5) is 5.69 Å². The molecule has 100 valence electrons. The molecule has 0 aromatic heterocycles. The Morgan fingerprint density at radius 2 is 2.00 bits per heavy atom. The van der Waals surface area contributed by atoms with Crippen LogP contribution in [0, 0.1) is 17.0 Å². The average Bonchev–Trinajstić information content (AvgIpc) is 2.29. The van der Waals surface area contributed by atoms with Crippen molar-refractivity contribution in [1.29, 1.82) is 0 Å². The Morgan fingerprint density at radius 3 is 2.56 bits per heavy atom. The maximum atomic E-state index is 11.9. The second-order valence-electron chi connectivity index (χ2n) is 3.71. The van der Waals surface area contributed by atoms with Gasteiger partial charge in [0.2, 0.25) is 10.0 Å². The second kappa shape index (κ2) is 5.89. The van der Waals surface area contributed by atoms with E-state index < -0.39 is 14.9 Å². The molecule has 8 heteroatoms. The normalized spacial score (nSPS) is 11.4. The summed E-state index contributed by atoms with van der Waals surface area (Å²) in [4.78, 5) is 9.95. The molecule has 0 bridgehead atoms. The zero-order valence-electron chi connectivity index (χ0n) is 10.1. The van der Waals surface area contributed by atoms with Crippen molar-refractivity contribution in [2.75, 3.05) is 20.1 Å². The first kappa shape index (κ1) is 14.6. The average molecular weight is 273 g/mol. The Hall–Kier alpha value is -1.51. The summed E-state index contributed by atoms with van der Waals surface area (Å²) in [6, 6.07) is 3.77. The molecule has 0 radical (unpaired) electrons.